The minimum absolute atomic E-state index is 0.0640. The zero-order chi connectivity index (χ0) is 15.3. The molecule has 2 aliphatic rings. The van der Waals surface area contributed by atoms with Gasteiger partial charge in [-0.2, -0.15) is 21.6 Å². The van der Waals surface area contributed by atoms with Gasteiger partial charge in [0.25, 0.3) is 10.0 Å². The molecule has 1 aromatic rings. The van der Waals surface area contributed by atoms with Gasteiger partial charge in [-0.05, 0) is 25.0 Å². The molecule has 21 heavy (non-hydrogen) atoms. The van der Waals surface area contributed by atoms with E-state index in [1.807, 2.05) is 0 Å². The Balaban J connectivity index is 1.95. The lowest BCUT2D eigenvalue weighted by Gasteiger charge is -2.34. The van der Waals surface area contributed by atoms with Crippen LogP contribution in [0.2, 0.25) is 0 Å². The van der Waals surface area contributed by atoms with Gasteiger partial charge in [-0.3, -0.25) is 0 Å². The molecule has 8 heteroatoms. The Labute approximate surface area is 120 Å². The number of halogens is 3. The summed E-state index contributed by atoms with van der Waals surface area (Å²) in [5.41, 5.74) is 0.389. The fourth-order valence-corrected chi connectivity index (χ4v) is 3.98. The van der Waals surface area contributed by atoms with Crippen LogP contribution >= 0.6 is 0 Å². The summed E-state index contributed by atoms with van der Waals surface area (Å²) < 4.78 is 66.2. The zero-order valence-electron chi connectivity index (χ0n) is 11.0. The molecule has 0 aromatic heterocycles. The van der Waals surface area contributed by atoms with Gasteiger partial charge in [0.2, 0.25) is 0 Å². The second kappa shape index (κ2) is 4.72. The molecular weight excluding hydrogens is 305 g/mol. The average Bonchev–Trinajstić information content (AvgIpc) is 2.71. The van der Waals surface area contributed by atoms with E-state index in [1.165, 1.54) is 11.0 Å². The molecule has 4 nitrogen and oxygen atoms in total. The highest BCUT2D eigenvalue weighted by atomic mass is 32.2. The molecule has 0 amide bonds. The van der Waals surface area contributed by atoms with Gasteiger partial charge in [0.1, 0.15) is 4.90 Å². The number of fused-ring (bicyclic) bond motifs is 1. The molecule has 0 aliphatic carbocycles. The SMILES string of the molecule is O=S1(=O)N=C(N2CCC[C@@H](C(F)(F)F)C2)c2ccccc21. The Bertz CT molecular complexity index is 698. The quantitative estimate of drug-likeness (QED) is 0.738. The number of likely N-dealkylation sites (tertiary alicyclic amines) is 1. The van der Waals surface area contributed by atoms with Crippen molar-refractivity contribution in [2.24, 2.45) is 10.3 Å². The molecule has 1 fully saturated rings. The highest BCUT2D eigenvalue weighted by molar-refractivity contribution is 7.90. The van der Waals surface area contributed by atoms with Gasteiger partial charge in [0.05, 0.1) is 5.92 Å². The first kappa shape index (κ1) is 14.4. The van der Waals surface area contributed by atoms with Crippen LogP contribution in [0.4, 0.5) is 13.2 Å². The van der Waals surface area contributed by atoms with Crippen LogP contribution in [-0.2, 0) is 10.0 Å². The topological polar surface area (TPSA) is 49.7 Å². The van der Waals surface area contributed by atoms with Gasteiger partial charge in [-0.25, -0.2) is 0 Å². The van der Waals surface area contributed by atoms with E-state index in [4.69, 9.17) is 0 Å². The van der Waals surface area contributed by atoms with Crippen molar-refractivity contribution in [2.45, 2.75) is 23.9 Å². The summed E-state index contributed by atoms with van der Waals surface area (Å²) in [5.74, 6) is -1.30. The normalized spacial score (nSPS) is 24.6. The van der Waals surface area contributed by atoms with Crippen LogP contribution in [0, 0.1) is 5.92 Å². The predicted octanol–water partition coefficient (Wildman–Crippen LogP) is 2.41. The first-order valence-corrected chi connectivity index (χ1v) is 7.99. The highest BCUT2D eigenvalue weighted by Gasteiger charge is 2.43. The van der Waals surface area contributed by atoms with Crippen LogP contribution in [0.25, 0.3) is 0 Å². The number of piperidine rings is 1. The van der Waals surface area contributed by atoms with Gasteiger partial charge >= 0.3 is 6.18 Å². The maximum absolute atomic E-state index is 12.9. The molecule has 2 aliphatic heterocycles. The third kappa shape index (κ3) is 2.52. The van der Waals surface area contributed by atoms with Crippen molar-refractivity contribution in [1.82, 2.24) is 4.90 Å². The summed E-state index contributed by atoms with van der Waals surface area (Å²) in [6.45, 7) is 0.140. The van der Waals surface area contributed by atoms with Crippen LogP contribution in [0.5, 0.6) is 0 Å². The van der Waals surface area contributed by atoms with Crippen LogP contribution in [0.1, 0.15) is 18.4 Å². The lowest BCUT2D eigenvalue weighted by molar-refractivity contribution is -0.183. The summed E-state index contributed by atoms with van der Waals surface area (Å²) in [4.78, 5) is 1.50. The number of amidine groups is 1. The van der Waals surface area contributed by atoms with Crippen molar-refractivity contribution < 1.29 is 21.6 Å². The number of hydrogen-bond donors (Lipinski definition) is 0. The second-order valence-electron chi connectivity index (χ2n) is 5.21. The molecule has 0 saturated carbocycles. The van der Waals surface area contributed by atoms with Crippen LogP contribution < -0.4 is 0 Å². The largest absolute Gasteiger partial charge is 0.393 e. The van der Waals surface area contributed by atoms with Crippen molar-refractivity contribution in [2.75, 3.05) is 13.1 Å². The Hall–Kier alpha value is -1.57. The Morgan fingerprint density at radius 2 is 1.95 bits per heavy atom. The van der Waals surface area contributed by atoms with E-state index < -0.39 is 22.1 Å². The third-order valence-corrected chi connectivity index (χ3v) is 5.12. The van der Waals surface area contributed by atoms with E-state index in [0.717, 1.165) is 0 Å². The van der Waals surface area contributed by atoms with E-state index in [9.17, 15) is 21.6 Å². The lowest BCUT2D eigenvalue weighted by atomic mass is 9.97. The van der Waals surface area contributed by atoms with Gasteiger partial charge in [0.15, 0.2) is 5.84 Å². The second-order valence-corrected chi connectivity index (χ2v) is 6.79. The van der Waals surface area contributed by atoms with Gasteiger partial charge in [-0.15, -0.1) is 4.40 Å². The molecule has 1 saturated heterocycles. The zero-order valence-corrected chi connectivity index (χ0v) is 11.8. The first-order chi connectivity index (χ1) is 9.79. The highest BCUT2D eigenvalue weighted by Crippen LogP contribution is 2.35. The predicted molar refractivity (Wildman–Crippen MR) is 70.5 cm³/mol. The molecule has 0 radical (unpaired) electrons. The summed E-state index contributed by atoms with van der Waals surface area (Å²) in [5, 5.41) is 0. The number of nitrogens with zero attached hydrogens (tertiary/aromatic N) is 2. The Kier molecular flexibility index (Phi) is 3.23. The van der Waals surface area contributed by atoms with Gasteiger partial charge in [0, 0.05) is 18.7 Å². The minimum Gasteiger partial charge on any atom is -0.355 e. The number of hydrogen-bond acceptors (Lipinski definition) is 3. The fraction of sp³-hybridized carbons (Fsp3) is 0.462. The van der Waals surface area contributed by atoms with Crippen LogP contribution in [0.3, 0.4) is 0 Å². The standard InChI is InChI=1S/C13H13F3N2O2S/c14-13(15,16)9-4-3-7-18(8-9)12-10-5-1-2-6-11(10)21(19,20)17-12/h1-2,5-6,9H,3-4,7-8H2/t9-/m1/s1. The molecule has 0 unspecified atom stereocenters. The third-order valence-electron chi connectivity index (χ3n) is 3.80. The molecular formula is C13H13F3N2O2S. The molecule has 114 valence electrons. The van der Waals surface area contributed by atoms with E-state index in [2.05, 4.69) is 4.40 Å². The number of sulfonamides is 1. The molecule has 1 aromatic carbocycles. The number of rotatable bonds is 0. The van der Waals surface area contributed by atoms with Crippen LogP contribution in [0.15, 0.2) is 33.6 Å². The monoisotopic (exact) mass is 318 g/mol. The Morgan fingerprint density at radius 1 is 1.24 bits per heavy atom. The molecule has 0 N–H and O–H groups in total. The minimum atomic E-state index is -4.27. The fourth-order valence-electron chi connectivity index (χ4n) is 2.75. The number of benzene rings is 1. The summed E-state index contributed by atoms with van der Waals surface area (Å²) >= 11 is 0. The maximum atomic E-state index is 12.9. The van der Waals surface area contributed by atoms with Crippen molar-refractivity contribution >= 4 is 15.9 Å². The van der Waals surface area contributed by atoms with E-state index in [0.29, 0.717) is 18.5 Å². The lowest BCUT2D eigenvalue weighted by Crippen LogP contribution is -2.44. The smallest absolute Gasteiger partial charge is 0.355 e. The summed E-state index contributed by atoms with van der Waals surface area (Å²) in [7, 11) is -3.79. The molecule has 3 rings (SSSR count). The molecule has 2 heterocycles. The first-order valence-electron chi connectivity index (χ1n) is 6.55. The van der Waals surface area contributed by atoms with Crippen LogP contribution in [-0.4, -0.2) is 38.4 Å². The maximum Gasteiger partial charge on any atom is 0.393 e. The van der Waals surface area contributed by atoms with E-state index >= 15 is 0 Å². The Morgan fingerprint density at radius 3 is 2.67 bits per heavy atom. The van der Waals surface area contributed by atoms with Crippen molar-refractivity contribution in [1.29, 1.82) is 0 Å². The molecule has 0 spiro atoms. The van der Waals surface area contributed by atoms with Gasteiger partial charge in [-0.1, -0.05) is 12.1 Å². The number of alkyl halides is 3. The van der Waals surface area contributed by atoms with Gasteiger partial charge < -0.3 is 4.90 Å². The van der Waals surface area contributed by atoms with E-state index in [1.54, 1.807) is 18.2 Å². The summed E-state index contributed by atoms with van der Waals surface area (Å²) in [6, 6.07) is 6.23. The average molecular weight is 318 g/mol. The summed E-state index contributed by atoms with van der Waals surface area (Å²) in [6.07, 6.45) is -3.83. The van der Waals surface area contributed by atoms with Crippen molar-refractivity contribution in [3.05, 3.63) is 29.8 Å². The van der Waals surface area contributed by atoms with E-state index in [-0.39, 0.29) is 23.7 Å². The molecule has 1 atom stereocenters. The van der Waals surface area contributed by atoms with Crippen molar-refractivity contribution in [3.63, 3.8) is 0 Å². The van der Waals surface area contributed by atoms with Crippen molar-refractivity contribution in [3.8, 4) is 0 Å². The molecule has 0 bridgehead atoms.